The summed E-state index contributed by atoms with van der Waals surface area (Å²) in [5.74, 6) is 1.73. The summed E-state index contributed by atoms with van der Waals surface area (Å²) in [6.45, 7) is 3.40. The lowest BCUT2D eigenvalue weighted by atomic mass is 9.81. The fraction of sp³-hybridized carbons (Fsp3) is 1.00. The number of hydrogen-bond acceptors (Lipinski definition) is 2. The van der Waals surface area contributed by atoms with Gasteiger partial charge in [-0.2, -0.15) is 0 Å². The van der Waals surface area contributed by atoms with E-state index in [1.54, 1.807) is 0 Å². The minimum Gasteiger partial charge on any atom is -0.392 e. The summed E-state index contributed by atoms with van der Waals surface area (Å²) in [6, 6.07) is 0.398. The van der Waals surface area contributed by atoms with Gasteiger partial charge in [0.15, 0.2) is 0 Å². The maximum absolute atomic E-state index is 9.74. The summed E-state index contributed by atoms with van der Waals surface area (Å²) in [5, 5.41) is 13.3. The van der Waals surface area contributed by atoms with Crippen LogP contribution >= 0.6 is 0 Å². The van der Waals surface area contributed by atoms with Crippen molar-refractivity contribution in [1.29, 1.82) is 0 Å². The molecule has 4 atom stereocenters. The van der Waals surface area contributed by atoms with Gasteiger partial charge in [0, 0.05) is 6.04 Å². The Balaban J connectivity index is 1.99. The topological polar surface area (TPSA) is 32.3 Å². The molecule has 1 aliphatic carbocycles. The molecule has 2 N–H and O–H groups in total. The molecule has 2 rings (SSSR count). The second-order valence-corrected chi connectivity index (χ2v) is 4.77. The molecule has 2 bridgehead atoms. The van der Waals surface area contributed by atoms with Gasteiger partial charge >= 0.3 is 0 Å². The Morgan fingerprint density at radius 1 is 1.31 bits per heavy atom. The molecule has 2 fully saturated rings. The summed E-state index contributed by atoms with van der Waals surface area (Å²) in [4.78, 5) is 0. The van der Waals surface area contributed by atoms with Crippen molar-refractivity contribution in [3.63, 3.8) is 0 Å². The first-order chi connectivity index (χ1) is 6.29. The molecular formula is C11H21NO. The van der Waals surface area contributed by atoms with Crippen LogP contribution in [0.5, 0.6) is 0 Å². The van der Waals surface area contributed by atoms with Gasteiger partial charge in [-0.3, -0.25) is 0 Å². The van der Waals surface area contributed by atoms with E-state index in [1.807, 2.05) is 0 Å². The van der Waals surface area contributed by atoms with Crippen molar-refractivity contribution in [2.24, 2.45) is 11.8 Å². The van der Waals surface area contributed by atoms with Crippen LogP contribution in [-0.4, -0.2) is 23.8 Å². The van der Waals surface area contributed by atoms with Crippen LogP contribution in [0.4, 0.5) is 0 Å². The minimum absolute atomic E-state index is 0.0770. The zero-order chi connectivity index (χ0) is 9.26. The van der Waals surface area contributed by atoms with Gasteiger partial charge in [0.25, 0.3) is 0 Å². The van der Waals surface area contributed by atoms with E-state index in [9.17, 15) is 5.11 Å². The average Bonchev–Trinajstić information content (AvgIpc) is 2.32. The molecule has 1 saturated heterocycles. The smallest absolute Gasteiger partial charge is 0.0693 e. The molecule has 0 amide bonds. The molecule has 1 aliphatic heterocycles. The van der Waals surface area contributed by atoms with E-state index in [2.05, 4.69) is 12.2 Å². The molecule has 0 spiro atoms. The van der Waals surface area contributed by atoms with Crippen molar-refractivity contribution < 1.29 is 5.11 Å². The Morgan fingerprint density at radius 3 is 2.92 bits per heavy atom. The minimum atomic E-state index is -0.0770. The number of rotatable bonds is 1. The second-order valence-electron chi connectivity index (χ2n) is 4.77. The Hall–Kier alpha value is -0.0800. The largest absolute Gasteiger partial charge is 0.392 e. The number of hydrogen-bond donors (Lipinski definition) is 2. The van der Waals surface area contributed by atoms with Gasteiger partial charge in [0.2, 0.25) is 0 Å². The molecule has 0 aromatic heterocycles. The van der Waals surface area contributed by atoms with Gasteiger partial charge in [-0.25, -0.2) is 0 Å². The van der Waals surface area contributed by atoms with E-state index in [1.165, 1.54) is 25.7 Å². The molecule has 2 aliphatic rings. The first-order valence-corrected chi connectivity index (χ1v) is 5.71. The van der Waals surface area contributed by atoms with Crippen LogP contribution in [0.2, 0.25) is 0 Å². The summed E-state index contributed by atoms with van der Waals surface area (Å²) in [6.07, 6.45) is 6.05. The van der Waals surface area contributed by atoms with E-state index < -0.39 is 0 Å². The number of aliphatic hydroxyl groups is 1. The highest BCUT2D eigenvalue weighted by Crippen LogP contribution is 2.33. The van der Waals surface area contributed by atoms with E-state index in [-0.39, 0.29) is 6.10 Å². The lowest BCUT2D eigenvalue weighted by molar-refractivity contribution is 0.0767. The predicted molar refractivity (Wildman–Crippen MR) is 53.5 cm³/mol. The first-order valence-electron chi connectivity index (χ1n) is 5.71. The van der Waals surface area contributed by atoms with E-state index in [0.717, 1.165) is 24.8 Å². The Morgan fingerprint density at radius 2 is 2.15 bits per heavy atom. The second kappa shape index (κ2) is 3.97. The van der Waals surface area contributed by atoms with Crippen molar-refractivity contribution >= 4 is 0 Å². The Labute approximate surface area is 80.7 Å². The van der Waals surface area contributed by atoms with Crippen molar-refractivity contribution in [3.05, 3.63) is 0 Å². The van der Waals surface area contributed by atoms with Crippen molar-refractivity contribution in [1.82, 2.24) is 5.32 Å². The van der Waals surface area contributed by atoms with Crippen LogP contribution in [0.15, 0.2) is 0 Å². The molecule has 0 aromatic carbocycles. The number of aliphatic hydroxyl groups excluding tert-OH is 1. The van der Waals surface area contributed by atoms with Crippen LogP contribution in [0.25, 0.3) is 0 Å². The maximum Gasteiger partial charge on any atom is 0.0693 e. The van der Waals surface area contributed by atoms with Gasteiger partial charge in [-0.05, 0) is 44.1 Å². The van der Waals surface area contributed by atoms with Crippen molar-refractivity contribution in [2.45, 2.75) is 51.2 Å². The number of fused-ring (bicyclic) bond motifs is 2. The SMILES string of the molecule is CCC1CNC2CC(CCC2O)C1. The van der Waals surface area contributed by atoms with Gasteiger partial charge in [0.05, 0.1) is 6.10 Å². The van der Waals surface area contributed by atoms with Gasteiger partial charge < -0.3 is 10.4 Å². The molecule has 76 valence electrons. The van der Waals surface area contributed by atoms with Gasteiger partial charge in [0.1, 0.15) is 0 Å². The van der Waals surface area contributed by atoms with Gasteiger partial charge in [-0.1, -0.05) is 13.3 Å². The highest BCUT2D eigenvalue weighted by molar-refractivity contribution is 4.89. The molecule has 2 nitrogen and oxygen atoms in total. The predicted octanol–water partition coefficient (Wildman–Crippen LogP) is 1.54. The van der Waals surface area contributed by atoms with Crippen LogP contribution in [0.1, 0.15) is 39.0 Å². The summed E-state index contributed by atoms with van der Waals surface area (Å²) in [5.41, 5.74) is 0. The van der Waals surface area contributed by atoms with Crippen LogP contribution < -0.4 is 5.32 Å². The molecule has 0 aromatic rings. The fourth-order valence-corrected chi connectivity index (χ4v) is 2.86. The third-order valence-electron chi connectivity index (χ3n) is 3.84. The highest BCUT2D eigenvalue weighted by Gasteiger charge is 2.32. The third-order valence-corrected chi connectivity index (χ3v) is 3.84. The quantitative estimate of drug-likeness (QED) is 0.646. The van der Waals surface area contributed by atoms with E-state index in [4.69, 9.17) is 0 Å². The van der Waals surface area contributed by atoms with Gasteiger partial charge in [-0.15, -0.1) is 0 Å². The zero-order valence-electron chi connectivity index (χ0n) is 8.50. The monoisotopic (exact) mass is 183 g/mol. The lowest BCUT2D eigenvalue weighted by Gasteiger charge is -2.31. The Bertz CT molecular complexity index is 169. The summed E-state index contributed by atoms with van der Waals surface area (Å²) < 4.78 is 0. The standard InChI is InChI=1S/C11H21NO/c1-2-8-5-9-3-4-11(13)10(6-9)12-7-8/h8-13H,2-7H2,1H3. The highest BCUT2D eigenvalue weighted by atomic mass is 16.3. The van der Waals surface area contributed by atoms with Crippen LogP contribution in [0, 0.1) is 11.8 Å². The fourth-order valence-electron chi connectivity index (χ4n) is 2.86. The van der Waals surface area contributed by atoms with E-state index >= 15 is 0 Å². The molecule has 13 heavy (non-hydrogen) atoms. The molecule has 0 radical (unpaired) electrons. The lowest BCUT2D eigenvalue weighted by Crippen LogP contribution is -2.43. The average molecular weight is 183 g/mol. The molecule has 2 heteroatoms. The van der Waals surface area contributed by atoms with Crippen LogP contribution in [-0.2, 0) is 0 Å². The summed E-state index contributed by atoms with van der Waals surface area (Å²) >= 11 is 0. The normalized spacial score (nSPS) is 45.7. The molecule has 1 saturated carbocycles. The zero-order valence-corrected chi connectivity index (χ0v) is 8.50. The van der Waals surface area contributed by atoms with E-state index in [0.29, 0.717) is 6.04 Å². The number of nitrogens with one attached hydrogen (secondary N) is 1. The molecular weight excluding hydrogens is 162 g/mol. The Kier molecular flexibility index (Phi) is 2.89. The summed E-state index contributed by atoms with van der Waals surface area (Å²) in [7, 11) is 0. The molecule has 4 unspecified atom stereocenters. The molecule has 1 heterocycles. The van der Waals surface area contributed by atoms with Crippen molar-refractivity contribution in [2.75, 3.05) is 6.54 Å². The first kappa shape index (κ1) is 9.47. The van der Waals surface area contributed by atoms with Crippen molar-refractivity contribution in [3.8, 4) is 0 Å². The maximum atomic E-state index is 9.74. The third kappa shape index (κ3) is 2.05. The van der Waals surface area contributed by atoms with Crippen LogP contribution in [0.3, 0.4) is 0 Å².